The number of hydrogen-bond acceptors (Lipinski definition) is 2. The third kappa shape index (κ3) is 3.70. The van der Waals surface area contributed by atoms with Crippen molar-refractivity contribution in [2.45, 2.75) is 31.8 Å². The molecule has 1 aliphatic heterocycles. The van der Waals surface area contributed by atoms with Crippen LogP contribution in [0.15, 0.2) is 22.7 Å². The summed E-state index contributed by atoms with van der Waals surface area (Å²) in [5.41, 5.74) is 0.708. The van der Waals surface area contributed by atoms with Gasteiger partial charge in [0.2, 0.25) is 5.91 Å². The first kappa shape index (κ1) is 13.8. The average Bonchev–Trinajstić information content (AvgIpc) is 2.86. The zero-order chi connectivity index (χ0) is 13.0. The summed E-state index contributed by atoms with van der Waals surface area (Å²) >= 11 is 9.31. The number of benzene rings is 1. The molecule has 1 heterocycles. The van der Waals surface area contributed by atoms with Gasteiger partial charge in [-0.15, -0.1) is 0 Å². The Morgan fingerprint density at radius 1 is 1.56 bits per heavy atom. The normalized spacial score (nSPS) is 18.9. The maximum absolute atomic E-state index is 11.8. The number of hydrogen-bond donors (Lipinski definition) is 1. The fourth-order valence-electron chi connectivity index (χ4n) is 1.98. The van der Waals surface area contributed by atoms with E-state index in [1.807, 2.05) is 12.1 Å². The van der Waals surface area contributed by atoms with Gasteiger partial charge in [0.15, 0.2) is 0 Å². The lowest BCUT2D eigenvalue weighted by Gasteiger charge is -2.10. The summed E-state index contributed by atoms with van der Waals surface area (Å²) in [5.74, 6) is -0.00605. The van der Waals surface area contributed by atoms with Gasteiger partial charge in [0.1, 0.15) is 0 Å². The van der Waals surface area contributed by atoms with E-state index in [1.165, 1.54) is 0 Å². The molecule has 0 aliphatic carbocycles. The molecule has 18 heavy (non-hydrogen) atoms. The van der Waals surface area contributed by atoms with Gasteiger partial charge >= 0.3 is 0 Å². The highest BCUT2D eigenvalue weighted by Gasteiger charge is 2.17. The van der Waals surface area contributed by atoms with Crippen LogP contribution in [0, 0.1) is 0 Å². The van der Waals surface area contributed by atoms with Gasteiger partial charge in [0.05, 0.1) is 21.3 Å². The second-order valence-electron chi connectivity index (χ2n) is 4.32. The van der Waals surface area contributed by atoms with Crippen LogP contribution in [0.5, 0.6) is 0 Å². The first-order valence-corrected chi connectivity index (χ1v) is 7.19. The van der Waals surface area contributed by atoms with Gasteiger partial charge < -0.3 is 10.1 Å². The van der Waals surface area contributed by atoms with Gasteiger partial charge in [-0.2, -0.15) is 0 Å². The molecule has 0 saturated carbocycles. The number of halogens is 2. The van der Waals surface area contributed by atoms with Crippen LogP contribution in [0.25, 0.3) is 0 Å². The molecular weight excluding hydrogens is 318 g/mol. The lowest BCUT2D eigenvalue weighted by molar-refractivity contribution is -0.116. The molecule has 1 unspecified atom stereocenters. The molecular formula is C13H15BrClNO2. The van der Waals surface area contributed by atoms with Crippen LogP contribution in [0.2, 0.25) is 5.02 Å². The summed E-state index contributed by atoms with van der Waals surface area (Å²) in [6, 6.07) is 5.40. The Bertz CT molecular complexity index is 433. The van der Waals surface area contributed by atoms with Gasteiger partial charge in [-0.3, -0.25) is 4.79 Å². The monoisotopic (exact) mass is 331 g/mol. The van der Waals surface area contributed by atoms with Crippen LogP contribution >= 0.6 is 27.5 Å². The Labute approximate surface area is 120 Å². The van der Waals surface area contributed by atoms with Crippen molar-refractivity contribution in [1.29, 1.82) is 0 Å². The Morgan fingerprint density at radius 3 is 3.11 bits per heavy atom. The molecule has 98 valence electrons. The smallest absolute Gasteiger partial charge is 0.224 e. The van der Waals surface area contributed by atoms with Crippen molar-refractivity contribution in [3.63, 3.8) is 0 Å². The molecule has 3 nitrogen and oxygen atoms in total. The summed E-state index contributed by atoms with van der Waals surface area (Å²) in [6.07, 6.45) is 3.67. The highest BCUT2D eigenvalue weighted by atomic mass is 79.9. The number of anilines is 1. The lowest BCUT2D eigenvalue weighted by Crippen LogP contribution is -2.15. The molecule has 1 atom stereocenters. The van der Waals surface area contributed by atoms with E-state index in [4.69, 9.17) is 16.3 Å². The molecule has 1 fully saturated rings. The van der Waals surface area contributed by atoms with Crippen LogP contribution in [-0.2, 0) is 9.53 Å². The molecule has 0 spiro atoms. The van der Waals surface area contributed by atoms with Crippen LogP contribution in [0.1, 0.15) is 25.7 Å². The van der Waals surface area contributed by atoms with Crippen LogP contribution < -0.4 is 5.32 Å². The van der Waals surface area contributed by atoms with Gasteiger partial charge in [-0.05, 0) is 47.3 Å². The number of carbonyl (C=O) groups is 1. The Hall–Kier alpha value is -0.580. The molecule has 0 radical (unpaired) electrons. The zero-order valence-electron chi connectivity index (χ0n) is 9.92. The van der Waals surface area contributed by atoms with Crippen molar-refractivity contribution < 1.29 is 9.53 Å². The molecule has 5 heteroatoms. The SMILES string of the molecule is O=C(CCC1CCCO1)Nc1cccc(Cl)c1Br. The number of nitrogens with one attached hydrogen (secondary N) is 1. The minimum Gasteiger partial charge on any atom is -0.378 e. The van der Waals surface area contributed by atoms with E-state index >= 15 is 0 Å². The highest BCUT2D eigenvalue weighted by molar-refractivity contribution is 9.10. The molecule has 0 bridgehead atoms. The fraction of sp³-hybridized carbons (Fsp3) is 0.462. The summed E-state index contributed by atoms with van der Waals surface area (Å²) in [4.78, 5) is 11.8. The van der Waals surface area contributed by atoms with Crippen molar-refractivity contribution in [2.24, 2.45) is 0 Å². The van der Waals surface area contributed by atoms with Gasteiger partial charge in [0.25, 0.3) is 0 Å². The highest BCUT2D eigenvalue weighted by Crippen LogP contribution is 2.30. The first-order chi connectivity index (χ1) is 8.66. The standard InChI is InChI=1S/C13H15BrClNO2/c14-13-10(15)4-1-5-11(13)16-12(17)7-6-9-3-2-8-18-9/h1,4-5,9H,2-3,6-8H2,(H,16,17). The largest absolute Gasteiger partial charge is 0.378 e. The Kier molecular flexibility index (Phi) is 5.03. The average molecular weight is 333 g/mol. The van der Waals surface area contributed by atoms with E-state index in [2.05, 4.69) is 21.2 Å². The minimum absolute atomic E-state index is 0.00605. The van der Waals surface area contributed by atoms with Crippen molar-refractivity contribution in [3.8, 4) is 0 Å². The predicted molar refractivity (Wildman–Crippen MR) is 76.0 cm³/mol. The van der Waals surface area contributed by atoms with E-state index < -0.39 is 0 Å². The maximum atomic E-state index is 11.8. The van der Waals surface area contributed by atoms with Gasteiger partial charge in [0, 0.05) is 13.0 Å². The molecule has 0 aromatic heterocycles. The maximum Gasteiger partial charge on any atom is 0.224 e. The third-order valence-electron chi connectivity index (χ3n) is 2.94. The van der Waals surface area contributed by atoms with Crippen molar-refractivity contribution >= 4 is 39.1 Å². The van der Waals surface area contributed by atoms with Crippen molar-refractivity contribution in [1.82, 2.24) is 0 Å². The molecule has 1 aromatic carbocycles. The molecule has 1 aromatic rings. The van der Waals surface area contributed by atoms with Crippen LogP contribution in [-0.4, -0.2) is 18.6 Å². The number of amides is 1. The van der Waals surface area contributed by atoms with Crippen molar-refractivity contribution in [3.05, 3.63) is 27.7 Å². The molecule has 1 N–H and O–H groups in total. The fourth-order valence-corrected chi connectivity index (χ4v) is 2.52. The van der Waals surface area contributed by atoms with E-state index in [-0.39, 0.29) is 12.0 Å². The van der Waals surface area contributed by atoms with Crippen LogP contribution in [0.3, 0.4) is 0 Å². The Balaban J connectivity index is 1.84. The minimum atomic E-state index is -0.00605. The topological polar surface area (TPSA) is 38.3 Å². The lowest BCUT2D eigenvalue weighted by atomic mass is 10.1. The first-order valence-electron chi connectivity index (χ1n) is 6.02. The summed E-state index contributed by atoms with van der Waals surface area (Å²) in [7, 11) is 0. The van der Waals surface area contributed by atoms with E-state index in [0.717, 1.165) is 30.3 Å². The number of rotatable bonds is 4. The summed E-state index contributed by atoms with van der Waals surface area (Å²) in [6.45, 7) is 0.826. The quantitative estimate of drug-likeness (QED) is 0.905. The Morgan fingerprint density at radius 2 is 2.39 bits per heavy atom. The van der Waals surface area contributed by atoms with Gasteiger partial charge in [-0.1, -0.05) is 17.7 Å². The zero-order valence-corrected chi connectivity index (χ0v) is 12.3. The second kappa shape index (κ2) is 6.55. The second-order valence-corrected chi connectivity index (χ2v) is 5.52. The summed E-state index contributed by atoms with van der Waals surface area (Å²) in [5, 5.41) is 3.44. The predicted octanol–water partition coefficient (Wildman–Crippen LogP) is 4.00. The molecule has 1 aliphatic rings. The van der Waals surface area contributed by atoms with E-state index in [9.17, 15) is 4.79 Å². The van der Waals surface area contributed by atoms with Crippen LogP contribution in [0.4, 0.5) is 5.69 Å². The van der Waals surface area contributed by atoms with Gasteiger partial charge in [-0.25, -0.2) is 0 Å². The molecule has 1 saturated heterocycles. The number of carbonyl (C=O) groups excluding carboxylic acids is 1. The summed E-state index contributed by atoms with van der Waals surface area (Å²) < 4.78 is 6.21. The van der Waals surface area contributed by atoms with E-state index in [0.29, 0.717) is 17.1 Å². The third-order valence-corrected chi connectivity index (χ3v) is 4.34. The number of ether oxygens (including phenoxy) is 1. The van der Waals surface area contributed by atoms with Crippen molar-refractivity contribution in [2.75, 3.05) is 11.9 Å². The van der Waals surface area contributed by atoms with E-state index in [1.54, 1.807) is 6.07 Å². The molecule has 2 rings (SSSR count). The molecule has 1 amide bonds.